The summed E-state index contributed by atoms with van der Waals surface area (Å²) in [6.07, 6.45) is 0.563. The number of halogens is 1. The van der Waals surface area contributed by atoms with Crippen LogP contribution >= 0.6 is 0 Å². The Bertz CT molecular complexity index is 558. The molecule has 0 saturated heterocycles. The number of hydrogen-bond donors (Lipinski definition) is 2. The van der Waals surface area contributed by atoms with Crippen LogP contribution in [0.1, 0.15) is 11.1 Å². The second kappa shape index (κ2) is 6.20. The lowest BCUT2D eigenvalue weighted by Crippen LogP contribution is -2.06. The van der Waals surface area contributed by atoms with Crippen molar-refractivity contribution in [1.29, 1.82) is 0 Å². The van der Waals surface area contributed by atoms with Crippen molar-refractivity contribution in [1.82, 2.24) is 0 Å². The Labute approximate surface area is 111 Å². The largest absolute Gasteiger partial charge is 0.508 e. The first-order chi connectivity index (χ1) is 9.19. The Morgan fingerprint density at radius 2 is 2.00 bits per heavy atom. The normalized spacial score (nSPS) is 10.4. The molecule has 0 atom stereocenters. The number of rotatable bonds is 5. The summed E-state index contributed by atoms with van der Waals surface area (Å²) < 4.78 is 18.8. The standard InChI is InChI=1S/C15H16FNO2/c16-13-4-5-15(12(9-13)6-7-17)19-10-11-2-1-3-14(18)8-11/h1-5,8-9,18H,6-7,10,17H2. The molecule has 0 aliphatic carbocycles. The number of nitrogens with two attached hydrogens (primary N) is 1. The van der Waals surface area contributed by atoms with Crippen molar-refractivity contribution in [3.63, 3.8) is 0 Å². The van der Waals surface area contributed by atoms with Gasteiger partial charge in [-0.3, -0.25) is 0 Å². The van der Waals surface area contributed by atoms with Crippen LogP contribution in [0.25, 0.3) is 0 Å². The Balaban J connectivity index is 2.10. The van der Waals surface area contributed by atoms with Crippen LogP contribution in [0.2, 0.25) is 0 Å². The molecule has 2 aromatic carbocycles. The third-order valence-corrected chi connectivity index (χ3v) is 2.74. The zero-order valence-electron chi connectivity index (χ0n) is 10.5. The Morgan fingerprint density at radius 3 is 2.74 bits per heavy atom. The van der Waals surface area contributed by atoms with Gasteiger partial charge in [0.25, 0.3) is 0 Å². The monoisotopic (exact) mass is 261 g/mol. The summed E-state index contributed by atoms with van der Waals surface area (Å²) in [6.45, 7) is 0.754. The number of ether oxygens (including phenoxy) is 1. The van der Waals surface area contributed by atoms with Gasteiger partial charge in [-0.2, -0.15) is 0 Å². The Kier molecular flexibility index (Phi) is 4.36. The van der Waals surface area contributed by atoms with Crippen LogP contribution in [0, 0.1) is 5.82 Å². The molecule has 0 spiro atoms. The van der Waals surface area contributed by atoms with Crippen molar-refractivity contribution in [2.45, 2.75) is 13.0 Å². The molecule has 0 fully saturated rings. The van der Waals surface area contributed by atoms with Gasteiger partial charge in [-0.05, 0) is 54.4 Å². The molecule has 0 heterocycles. The summed E-state index contributed by atoms with van der Waals surface area (Å²) in [5.41, 5.74) is 7.10. The molecule has 0 aliphatic heterocycles. The molecule has 0 aromatic heterocycles. The number of hydrogen-bond acceptors (Lipinski definition) is 3. The Hall–Kier alpha value is -2.07. The smallest absolute Gasteiger partial charge is 0.123 e. The maximum Gasteiger partial charge on any atom is 0.123 e. The maximum atomic E-state index is 13.2. The molecule has 0 aliphatic rings. The van der Waals surface area contributed by atoms with Gasteiger partial charge in [0.05, 0.1) is 0 Å². The first-order valence-electron chi connectivity index (χ1n) is 6.08. The van der Waals surface area contributed by atoms with E-state index in [1.54, 1.807) is 24.3 Å². The molecule has 0 radical (unpaired) electrons. The van der Waals surface area contributed by atoms with E-state index in [4.69, 9.17) is 10.5 Å². The van der Waals surface area contributed by atoms with E-state index in [0.29, 0.717) is 25.3 Å². The molecule has 0 amide bonds. The highest BCUT2D eigenvalue weighted by Crippen LogP contribution is 2.22. The van der Waals surface area contributed by atoms with Crippen molar-refractivity contribution < 1.29 is 14.2 Å². The predicted octanol–water partition coefficient (Wildman–Crippen LogP) is 2.61. The second-order valence-electron chi connectivity index (χ2n) is 4.25. The SMILES string of the molecule is NCCc1cc(F)ccc1OCc1cccc(O)c1. The maximum absolute atomic E-state index is 13.2. The van der Waals surface area contributed by atoms with Gasteiger partial charge >= 0.3 is 0 Å². The lowest BCUT2D eigenvalue weighted by atomic mass is 10.1. The highest BCUT2D eigenvalue weighted by Gasteiger charge is 2.05. The van der Waals surface area contributed by atoms with Gasteiger partial charge in [0.15, 0.2) is 0 Å². The average molecular weight is 261 g/mol. The summed E-state index contributed by atoms with van der Waals surface area (Å²) in [5.74, 6) is 0.519. The van der Waals surface area contributed by atoms with Crippen LogP contribution < -0.4 is 10.5 Å². The minimum atomic E-state index is -0.298. The van der Waals surface area contributed by atoms with Gasteiger partial charge in [-0.1, -0.05) is 12.1 Å². The van der Waals surface area contributed by atoms with Gasteiger partial charge in [0, 0.05) is 0 Å². The fraction of sp³-hybridized carbons (Fsp3) is 0.200. The lowest BCUT2D eigenvalue weighted by Gasteiger charge is -2.11. The molecule has 2 aromatic rings. The number of phenolic OH excluding ortho intramolecular Hbond substituents is 1. The fourth-order valence-electron chi connectivity index (χ4n) is 1.85. The predicted molar refractivity (Wildman–Crippen MR) is 71.6 cm³/mol. The summed E-state index contributed by atoms with van der Waals surface area (Å²) in [6, 6.07) is 11.2. The van der Waals surface area contributed by atoms with E-state index in [9.17, 15) is 9.50 Å². The topological polar surface area (TPSA) is 55.5 Å². The van der Waals surface area contributed by atoms with Crippen LogP contribution in [0.3, 0.4) is 0 Å². The fourth-order valence-corrected chi connectivity index (χ4v) is 1.85. The summed E-state index contributed by atoms with van der Waals surface area (Å²) >= 11 is 0. The summed E-state index contributed by atoms with van der Waals surface area (Å²) in [4.78, 5) is 0. The first-order valence-corrected chi connectivity index (χ1v) is 6.08. The van der Waals surface area contributed by atoms with Crippen LogP contribution in [-0.4, -0.2) is 11.7 Å². The highest BCUT2D eigenvalue weighted by atomic mass is 19.1. The molecular formula is C15H16FNO2. The van der Waals surface area contributed by atoms with Gasteiger partial charge in [-0.25, -0.2) is 4.39 Å². The van der Waals surface area contributed by atoms with Crippen molar-refractivity contribution in [2.75, 3.05) is 6.54 Å². The number of benzene rings is 2. The third-order valence-electron chi connectivity index (χ3n) is 2.74. The number of aromatic hydroxyl groups is 1. The van der Waals surface area contributed by atoms with Crippen molar-refractivity contribution in [3.05, 3.63) is 59.4 Å². The van der Waals surface area contributed by atoms with Crippen LogP contribution in [0.15, 0.2) is 42.5 Å². The Morgan fingerprint density at radius 1 is 1.16 bits per heavy atom. The van der Waals surface area contributed by atoms with E-state index >= 15 is 0 Å². The lowest BCUT2D eigenvalue weighted by molar-refractivity contribution is 0.301. The van der Waals surface area contributed by atoms with Crippen LogP contribution in [0.4, 0.5) is 4.39 Å². The van der Waals surface area contributed by atoms with E-state index in [2.05, 4.69) is 0 Å². The van der Waals surface area contributed by atoms with Gasteiger partial charge in [-0.15, -0.1) is 0 Å². The van der Waals surface area contributed by atoms with Gasteiger partial charge in [0.2, 0.25) is 0 Å². The first kappa shape index (κ1) is 13.4. The summed E-state index contributed by atoms with van der Waals surface area (Å²) in [5, 5.41) is 9.36. The molecule has 4 heteroatoms. The van der Waals surface area contributed by atoms with E-state index in [1.807, 2.05) is 6.07 Å². The zero-order chi connectivity index (χ0) is 13.7. The van der Waals surface area contributed by atoms with E-state index in [-0.39, 0.29) is 11.6 Å². The van der Waals surface area contributed by atoms with Gasteiger partial charge in [0.1, 0.15) is 23.9 Å². The molecule has 3 N–H and O–H groups in total. The van der Waals surface area contributed by atoms with Crippen molar-refractivity contribution in [3.8, 4) is 11.5 Å². The molecule has 19 heavy (non-hydrogen) atoms. The van der Waals surface area contributed by atoms with Crippen molar-refractivity contribution >= 4 is 0 Å². The average Bonchev–Trinajstić information content (AvgIpc) is 2.38. The highest BCUT2D eigenvalue weighted by molar-refractivity contribution is 5.35. The van der Waals surface area contributed by atoms with E-state index in [0.717, 1.165) is 11.1 Å². The third kappa shape index (κ3) is 3.69. The molecule has 0 unspecified atom stereocenters. The molecule has 0 bridgehead atoms. The molecule has 3 nitrogen and oxygen atoms in total. The molecule has 2 rings (SSSR count). The molecular weight excluding hydrogens is 245 g/mol. The van der Waals surface area contributed by atoms with Crippen LogP contribution in [-0.2, 0) is 13.0 Å². The zero-order valence-corrected chi connectivity index (χ0v) is 10.5. The minimum absolute atomic E-state index is 0.197. The molecule has 0 saturated carbocycles. The number of phenols is 1. The summed E-state index contributed by atoms with van der Waals surface area (Å²) in [7, 11) is 0. The van der Waals surface area contributed by atoms with Crippen LogP contribution in [0.5, 0.6) is 11.5 Å². The quantitative estimate of drug-likeness (QED) is 0.869. The minimum Gasteiger partial charge on any atom is -0.508 e. The second-order valence-corrected chi connectivity index (χ2v) is 4.25. The van der Waals surface area contributed by atoms with E-state index in [1.165, 1.54) is 12.1 Å². The van der Waals surface area contributed by atoms with Crippen molar-refractivity contribution in [2.24, 2.45) is 5.73 Å². The molecule has 100 valence electrons. The van der Waals surface area contributed by atoms with E-state index < -0.39 is 0 Å². The van der Waals surface area contributed by atoms with Gasteiger partial charge < -0.3 is 15.6 Å².